The van der Waals surface area contributed by atoms with E-state index in [4.69, 9.17) is 0 Å². The summed E-state index contributed by atoms with van der Waals surface area (Å²) in [4.78, 5) is 18.3. The van der Waals surface area contributed by atoms with E-state index >= 15 is 0 Å². The van der Waals surface area contributed by atoms with Crippen LogP contribution in [-0.2, 0) is 0 Å². The highest BCUT2D eigenvalue weighted by Crippen LogP contribution is 2.30. The Kier molecular flexibility index (Phi) is 4.15. The van der Waals surface area contributed by atoms with E-state index < -0.39 is 0 Å². The maximum Gasteiger partial charge on any atom is 0.254 e. The molecule has 0 bridgehead atoms. The van der Waals surface area contributed by atoms with Crippen molar-refractivity contribution in [3.8, 4) is 0 Å². The molecule has 0 radical (unpaired) electrons. The van der Waals surface area contributed by atoms with E-state index in [0.717, 1.165) is 31.0 Å². The average Bonchev–Trinajstić information content (AvgIpc) is 3.11. The second-order valence-corrected chi connectivity index (χ2v) is 5.37. The number of halogens is 1. The predicted molar refractivity (Wildman–Crippen MR) is 70.9 cm³/mol. The molecule has 1 amide bonds. The lowest BCUT2D eigenvalue weighted by atomic mass is 10.2. The number of aromatic nitrogens is 1. The Hall–Kier alpha value is -0.900. The fourth-order valence-corrected chi connectivity index (χ4v) is 2.24. The van der Waals surface area contributed by atoms with Crippen LogP contribution in [-0.4, -0.2) is 28.9 Å². The number of hydrogen-bond acceptors (Lipinski definition) is 2. The second kappa shape index (κ2) is 5.63. The number of nitrogens with zero attached hydrogens (tertiary/aromatic N) is 2. The Morgan fingerprint density at radius 3 is 2.94 bits per heavy atom. The smallest absolute Gasteiger partial charge is 0.254 e. The van der Waals surface area contributed by atoms with Crippen LogP contribution in [0.15, 0.2) is 22.9 Å². The number of carbonyl (C=O) groups excluding carboxylic acids is 1. The Morgan fingerprint density at radius 1 is 1.59 bits per heavy atom. The first-order valence-corrected chi connectivity index (χ1v) is 6.91. The van der Waals surface area contributed by atoms with Crippen LogP contribution >= 0.6 is 15.9 Å². The molecule has 1 aromatic rings. The number of carbonyl (C=O) groups is 1. The number of rotatable bonds is 5. The molecule has 3 nitrogen and oxygen atoms in total. The zero-order chi connectivity index (χ0) is 12.3. The summed E-state index contributed by atoms with van der Waals surface area (Å²) in [6.07, 6.45) is 5.21. The molecule has 1 fully saturated rings. The van der Waals surface area contributed by atoms with E-state index in [1.165, 1.54) is 12.8 Å². The minimum absolute atomic E-state index is 0.127. The van der Waals surface area contributed by atoms with Gasteiger partial charge in [-0.05, 0) is 53.2 Å². The first kappa shape index (κ1) is 12.6. The number of hydrogen-bond donors (Lipinski definition) is 0. The SMILES string of the molecule is CCCN(CC1CC1)C(=O)c1ccnc(Br)c1. The zero-order valence-corrected chi connectivity index (χ0v) is 11.6. The van der Waals surface area contributed by atoms with E-state index in [1.54, 1.807) is 18.3 Å². The van der Waals surface area contributed by atoms with Crippen molar-refractivity contribution in [1.82, 2.24) is 9.88 Å². The molecule has 0 saturated heterocycles. The largest absolute Gasteiger partial charge is 0.338 e. The molecule has 4 heteroatoms. The molecule has 2 rings (SSSR count). The summed E-state index contributed by atoms with van der Waals surface area (Å²) in [5.74, 6) is 0.859. The van der Waals surface area contributed by atoms with Gasteiger partial charge in [-0.3, -0.25) is 4.79 Å². The minimum Gasteiger partial charge on any atom is -0.338 e. The molecule has 0 N–H and O–H groups in total. The minimum atomic E-state index is 0.127. The van der Waals surface area contributed by atoms with Gasteiger partial charge in [-0.25, -0.2) is 4.98 Å². The van der Waals surface area contributed by atoms with Crippen LogP contribution in [0, 0.1) is 5.92 Å². The highest BCUT2D eigenvalue weighted by Gasteiger charge is 2.26. The van der Waals surface area contributed by atoms with Crippen molar-refractivity contribution in [3.05, 3.63) is 28.5 Å². The highest BCUT2D eigenvalue weighted by molar-refractivity contribution is 9.10. The summed E-state index contributed by atoms with van der Waals surface area (Å²) in [6.45, 7) is 3.86. The van der Waals surface area contributed by atoms with Crippen LogP contribution in [0.25, 0.3) is 0 Å². The fourth-order valence-electron chi connectivity index (χ4n) is 1.88. The van der Waals surface area contributed by atoms with Crippen molar-refractivity contribution >= 4 is 21.8 Å². The topological polar surface area (TPSA) is 33.2 Å². The van der Waals surface area contributed by atoms with Crippen molar-refractivity contribution in [2.75, 3.05) is 13.1 Å². The van der Waals surface area contributed by atoms with E-state index in [2.05, 4.69) is 27.8 Å². The number of amides is 1. The van der Waals surface area contributed by atoms with Crippen LogP contribution in [0.2, 0.25) is 0 Å². The van der Waals surface area contributed by atoms with E-state index in [-0.39, 0.29) is 5.91 Å². The molecule has 0 unspecified atom stereocenters. The second-order valence-electron chi connectivity index (χ2n) is 4.56. The summed E-state index contributed by atoms with van der Waals surface area (Å²) >= 11 is 3.30. The molecule has 0 atom stereocenters. The molecule has 0 aliphatic heterocycles. The quantitative estimate of drug-likeness (QED) is 0.782. The molecule has 1 saturated carbocycles. The molecular weight excluding hydrogens is 280 g/mol. The van der Waals surface area contributed by atoms with Crippen molar-refractivity contribution in [1.29, 1.82) is 0 Å². The molecule has 0 spiro atoms. The highest BCUT2D eigenvalue weighted by atomic mass is 79.9. The van der Waals surface area contributed by atoms with Gasteiger partial charge in [-0.1, -0.05) is 6.92 Å². The van der Waals surface area contributed by atoms with Gasteiger partial charge in [0, 0.05) is 24.8 Å². The zero-order valence-electron chi connectivity index (χ0n) is 10.0. The van der Waals surface area contributed by atoms with Crippen LogP contribution in [0.3, 0.4) is 0 Å². The third-order valence-corrected chi connectivity index (χ3v) is 3.36. The maximum atomic E-state index is 12.3. The lowest BCUT2D eigenvalue weighted by Crippen LogP contribution is -2.33. The molecule has 1 aromatic heterocycles. The number of pyridine rings is 1. The molecule has 1 aliphatic carbocycles. The predicted octanol–water partition coefficient (Wildman–Crippen LogP) is 3.11. The van der Waals surface area contributed by atoms with Gasteiger partial charge in [0.1, 0.15) is 4.60 Å². The van der Waals surface area contributed by atoms with Crippen LogP contribution < -0.4 is 0 Å². The summed E-state index contributed by atoms with van der Waals surface area (Å²) in [5.41, 5.74) is 0.723. The average molecular weight is 297 g/mol. The van der Waals surface area contributed by atoms with Gasteiger partial charge in [-0.2, -0.15) is 0 Å². The van der Waals surface area contributed by atoms with Gasteiger partial charge >= 0.3 is 0 Å². The monoisotopic (exact) mass is 296 g/mol. The van der Waals surface area contributed by atoms with Crippen molar-refractivity contribution in [2.24, 2.45) is 5.92 Å². The van der Waals surface area contributed by atoms with Gasteiger partial charge in [0.25, 0.3) is 5.91 Å². The lowest BCUT2D eigenvalue weighted by Gasteiger charge is -2.22. The van der Waals surface area contributed by atoms with Crippen molar-refractivity contribution < 1.29 is 4.79 Å². The van der Waals surface area contributed by atoms with Crippen LogP contribution in [0.5, 0.6) is 0 Å². The van der Waals surface area contributed by atoms with Gasteiger partial charge in [-0.15, -0.1) is 0 Å². The Balaban J connectivity index is 2.08. The van der Waals surface area contributed by atoms with Gasteiger partial charge in [0.05, 0.1) is 0 Å². The summed E-state index contributed by atoms with van der Waals surface area (Å²) in [6, 6.07) is 3.57. The lowest BCUT2D eigenvalue weighted by molar-refractivity contribution is 0.0747. The van der Waals surface area contributed by atoms with Gasteiger partial charge in [0.2, 0.25) is 0 Å². The Morgan fingerprint density at radius 2 is 2.35 bits per heavy atom. The van der Waals surface area contributed by atoms with Crippen LogP contribution in [0.1, 0.15) is 36.5 Å². The van der Waals surface area contributed by atoms with Gasteiger partial charge < -0.3 is 4.90 Å². The van der Waals surface area contributed by atoms with Gasteiger partial charge in [0.15, 0.2) is 0 Å². The Bertz CT molecular complexity index is 404. The fraction of sp³-hybridized carbons (Fsp3) is 0.538. The van der Waals surface area contributed by atoms with E-state index in [9.17, 15) is 4.79 Å². The third kappa shape index (κ3) is 3.53. The Labute approximate surface area is 110 Å². The summed E-state index contributed by atoms with van der Waals surface area (Å²) in [7, 11) is 0. The third-order valence-electron chi connectivity index (χ3n) is 2.93. The van der Waals surface area contributed by atoms with E-state index in [1.807, 2.05) is 4.90 Å². The molecule has 1 aliphatic rings. The maximum absolute atomic E-state index is 12.3. The molecule has 17 heavy (non-hydrogen) atoms. The molecule has 0 aromatic carbocycles. The van der Waals surface area contributed by atoms with E-state index in [0.29, 0.717) is 4.60 Å². The van der Waals surface area contributed by atoms with Crippen molar-refractivity contribution in [3.63, 3.8) is 0 Å². The van der Waals surface area contributed by atoms with Crippen LogP contribution in [0.4, 0.5) is 0 Å². The molecular formula is C13H17BrN2O. The first-order chi connectivity index (χ1) is 8.20. The standard InChI is InChI=1S/C13H17BrN2O/c1-2-7-16(9-10-3-4-10)13(17)11-5-6-15-12(14)8-11/h5-6,8,10H,2-4,7,9H2,1H3. The normalized spacial score (nSPS) is 14.7. The summed E-state index contributed by atoms with van der Waals surface area (Å²) in [5, 5.41) is 0. The van der Waals surface area contributed by atoms with Crippen molar-refractivity contribution in [2.45, 2.75) is 26.2 Å². The molecule has 1 heterocycles. The molecule has 92 valence electrons. The first-order valence-electron chi connectivity index (χ1n) is 6.11. The summed E-state index contributed by atoms with van der Waals surface area (Å²) < 4.78 is 0.714.